The van der Waals surface area contributed by atoms with Crippen molar-refractivity contribution in [3.05, 3.63) is 33.8 Å². The first-order valence-electron chi connectivity index (χ1n) is 4.77. The van der Waals surface area contributed by atoms with Crippen LogP contribution in [0.1, 0.15) is 5.56 Å². The van der Waals surface area contributed by atoms with Gasteiger partial charge in [-0.3, -0.25) is 0 Å². The van der Waals surface area contributed by atoms with E-state index in [9.17, 15) is 0 Å². The maximum atomic E-state index is 6.32. The topological polar surface area (TPSA) is 24.9 Å². The molecule has 1 aliphatic rings. The Balaban J connectivity index is 2.41. The van der Waals surface area contributed by atoms with E-state index in [1.54, 1.807) is 0 Å². The van der Waals surface area contributed by atoms with Gasteiger partial charge in [-0.1, -0.05) is 23.2 Å². The molecule has 2 heterocycles. The molecule has 2 nitrogen and oxygen atoms in total. The van der Waals surface area contributed by atoms with Crippen molar-refractivity contribution in [2.24, 2.45) is 0 Å². The van der Waals surface area contributed by atoms with Crippen LogP contribution in [0, 0.1) is 0 Å². The molecule has 0 unspecified atom stereocenters. The van der Waals surface area contributed by atoms with Crippen LogP contribution in [0.25, 0.3) is 10.9 Å². The third-order valence-electron chi connectivity index (χ3n) is 2.65. The Morgan fingerprint density at radius 2 is 2.13 bits per heavy atom. The largest absolute Gasteiger partial charge is 0.369 e. The smallest absolute Gasteiger partial charge is 0.131 e. The highest BCUT2D eigenvalue weighted by Crippen LogP contribution is 2.34. The number of nitrogens with one attached hydrogen (secondary N) is 1. The van der Waals surface area contributed by atoms with Crippen LogP contribution in [0.5, 0.6) is 0 Å². The van der Waals surface area contributed by atoms with Crippen molar-refractivity contribution >= 4 is 39.9 Å². The van der Waals surface area contributed by atoms with E-state index >= 15 is 0 Å². The summed E-state index contributed by atoms with van der Waals surface area (Å²) in [5, 5.41) is 5.68. The summed E-state index contributed by atoms with van der Waals surface area (Å²) in [5.41, 5.74) is 1.96. The number of hydrogen-bond donors (Lipinski definition) is 1. The number of anilines is 1. The molecule has 3 rings (SSSR count). The molecule has 0 amide bonds. The molecule has 1 aliphatic heterocycles. The van der Waals surface area contributed by atoms with Gasteiger partial charge in [-0.05, 0) is 24.6 Å². The number of rotatable bonds is 0. The molecule has 1 N–H and O–H groups in total. The molecule has 0 spiro atoms. The summed E-state index contributed by atoms with van der Waals surface area (Å²) in [5.74, 6) is 0.898. The Kier molecular flexibility index (Phi) is 2.01. The fourth-order valence-corrected chi connectivity index (χ4v) is 2.43. The van der Waals surface area contributed by atoms with Crippen LogP contribution in [-0.4, -0.2) is 11.5 Å². The second-order valence-corrected chi connectivity index (χ2v) is 4.41. The summed E-state index contributed by atoms with van der Waals surface area (Å²) in [7, 11) is 0. The molecular weight excluding hydrogens is 231 g/mol. The van der Waals surface area contributed by atoms with Gasteiger partial charge in [0, 0.05) is 22.5 Å². The second kappa shape index (κ2) is 3.26. The normalized spacial score (nSPS) is 14.0. The fourth-order valence-electron chi connectivity index (χ4n) is 1.92. The lowest BCUT2D eigenvalue weighted by molar-refractivity contribution is 1.11. The molecule has 4 heteroatoms. The van der Waals surface area contributed by atoms with Gasteiger partial charge >= 0.3 is 0 Å². The molecule has 76 valence electrons. The molecule has 0 fully saturated rings. The molecule has 15 heavy (non-hydrogen) atoms. The Morgan fingerprint density at radius 3 is 3.00 bits per heavy atom. The van der Waals surface area contributed by atoms with E-state index in [-0.39, 0.29) is 0 Å². The molecule has 1 aromatic carbocycles. The third kappa shape index (κ3) is 1.36. The van der Waals surface area contributed by atoms with Gasteiger partial charge in [0.2, 0.25) is 0 Å². The first-order valence-corrected chi connectivity index (χ1v) is 5.53. The van der Waals surface area contributed by atoms with E-state index in [0.717, 1.165) is 40.3 Å². The number of halogens is 2. The molecule has 0 radical (unpaired) electrons. The minimum absolute atomic E-state index is 0.684. The number of aromatic nitrogens is 1. The number of nitrogens with zero attached hydrogens (tertiary/aromatic N) is 1. The zero-order valence-corrected chi connectivity index (χ0v) is 9.36. The van der Waals surface area contributed by atoms with Crippen LogP contribution < -0.4 is 5.32 Å². The zero-order valence-electron chi connectivity index (χ0n) is 7.85. The number of pyridine rings is 1. The van der Waals surface area contributed by atoms with Crippen molar-refractivity contribution in [1.29, 1.82) is 0 Å². The van der Waals surface area contributed by atoms with E-state index in [1.165, 1.54) is 0 Å². The van der Waals surface area contributed by atoms with Gasteiger partial charge < -0.3 is 5.32 Å². The van der Waals surface area contributed by atoms with Crippen LogP contribution >= 0.6 is 23.2 Å². The molecule has 0 bridgehead atoms. The fraction of sp³-hybridized carbons (Fsp3) is 0.182. The van der Waals surface area contributed by atoms with E-state index < -0.39 is 0 Å². The third-order valence-corrected chi connectivity index (χ3v) is 3.31. The highest BCUT2D eigenvalue weighted by molar-refractivity contribution is 6.37. The van der Waals surface area contributed by atoms with Crippen LogP contribution in [0.15, 0.2) is 18.2 Å². The molecular formula is C11H8Cl2N2. The molecule has 0 saturated heterocycles. The Hall–Kier alpha value is -0.990. The monoisotopic (exact) mass is 238 g/mol. The lowest BCUT2D eigenvalue weighted by atomic mass is 10.1. The summed E-state index contributed by atoms with van der Waals surface area (Å²) in [4.78, 5) is 4.50. The van der Waals surface area contributed by atoms with Crippen molar-refractivity contribution < 1.29 is 0 Å². The second-order valence-electron chi connectivity index (χ2n) is 3.59. The summed E-state index contributed by atoms with van der Waals surface area (Å²) in [6.07, 6.45) is 0.944. The summed E-state index contributed by atoms with van der Waals surface area (Å²) >= 11 is 12.2. The van der Waals surface area contributed by atoms with Gasteiger partial charge in [-0.25, -0.2) is 4.98 Å². The van der Waals surface area contributed by atoms with Crippen molar-refractivity contribution in [1.82, 2.24) is 4.98 Å². The Bertz CT molecular complexity index is 552. The van der Waals surface area contributed by atoms with Gasteiger partial charge in [0.25, 0.3) is 0 Å². The molecule has 2 aromatic rings. The highest BCUT2D eigenvalue weighted by Gasteiger charge is 2.17. The van der Waals surface area contributed by atoms with Crippen LogP contribution in [-0.2, 0) is 6.42 Å². The number of fused-ring (bicyclic) bond motifs is 2. The molecule has 0 atom stereocenters. The molecule has 1 aromatic heterocycles. The van der Waals surface area contributed by atoms with Crippen LogP contribution in [0.2, 0.25) is 10.0 Å². The van der Waals surface area contributed by atoms with Crippen molar-refractivity contribution in [2.45, 2.75) is 6.42 Å². The quantitative estimate of drug-likeness (QED) is 0.760. The van der Waals surface area contributed by atoms with Crippen LogP contribution in [0.4, 0.5) is 5.82 Å². The van der Waals surface area contributed by atoms with Crippen molar-refractivity contribution in [3.8, 4) is 0 Å². The Labute approximate surface area is 97.2 Å². The standard InChI is InChI=1S/C11H8Cl2N2/c12-6-1-2-7-9(5-6)15-11-8(10(7)13)3-4-14-11/h1-2,5H,3-4H2,(H,14,15). The number of benzene rings is 1. The summed E-state index contributed by atoms with van der Waals surface area (Å²) in [6.45, 7) is 0.909. The van der Waals surface area contributed by atoms with Gasteiger partial charge in [0.05, 0.1) is 10.5 Å². The first kappa shape index (κ1) is 9.25. The van der Waals surface area contributed by atoms with Crippen LogP contribution in [0.3, 0.4) is 0 Å². The lowest BCUT2D eigenvalue weighted by Crippen LogP contribution is -1.93. The minimum Gasteiger partial charge on any atom is -0.369 e. The predicted molar refractivity (Wildman–Crippen MR) is 64.0 cm³/mol. The number of hydrogen-bond acceptors (Lipinski definition) is 2. The minimum atomic E-state index is 0.684. The van der Waals surface area contributed by atoms with Gasteiger partial charge in [0.1, 0.15) is 5.82 Å². The summed E-state index contributed by atoms with van der Waals surface area (Å²) < 4.78 is 0. The van der Waals surface area contributed by atoms with Crippen molar-refractivity contribution in [3.63, 3.8) is 0 Å². The van der Waals surface area contributed by atoms with E-state index in [1.807, 2.05) is 18.2 Å². The average Bonchev–Trinajstić information content (AvgIpc) is 2.65. The summed E-state index contributed by atoms with van der Waals surface area (Å²) in [6, 6.07) is 5.60. The van der Waals surface area contributed by atoms with Gasteiger partial charge in [-0.2, -0.15) is 0 Å². The lowest BCUT2D eigenvalue weighted by Gasteiger charge is -2.06. The SMILES string of the molecule is Clc1ccc2c(Cl)c3c(nc2c1)NCC3. The molecule has 0 saturated carbocycles. The highest BCUT2D eigenvalue weighted by atomic mass is 35.5. The predicted octanol–water partition coefficient (Wildman–Crippen LogP) is 3.51. The van der Waals surface area contributed by atoms with Gasteiger partial charge in [0.15, 0.2) is 0 Å². The van der Waals surface area contributed by atoms with Gasteiger partial charge in [-0.15, -0.1) is 0 Å². The van der Waals surface area contributed by atoms with Crippen molar-refractivity contribution in [2.75, 3.05) is 11.9 Å². The maximum Gasteiger partial charge on any atom is 0.131 e. The Morgan fingerprint density at radius 1 is 1.27 bits per heavy atom. The average molecular weight is 239 g/mol. The maximum absolute atomic E-state index is 6.32. The van der Waals surface area contributed by atoms with E-state index in [0.29, 0.717) is 5.02 Å². The van der Waals surface area contributed by atoms with E-state index in [4.69, 9.17) is 23.2 Å². The molecule has 0 aliphatic carbocycles. The van der Waals surface area contributed by atoms with E-state index in [2.05, 4.69) is 10.3 Å². The zero-order chi connectivity index (χ0) is 10.4. The first-order chi connectivity index (χ1) is 7.25.